The predicted octanol–water partition coefficient (Wildman–Crippen LogP) is 6.12. The van der Waals surface area contributed by atoms with Crippen molar-refractivity contribution in [1.82, 2.24) is 20.9 Å². The first-order valence-electron chi connectivity index (χ1n) is 20.8. The summed E-state index contributed by atoms with van der Waals surface area (Å²) in [5, 5.41) is 28.9. The van der Waals surface area contributed by atoms with Crippen LogP contribution >= 0.6 is 11.6 Å². The molecule has 2 fully saturated rings. The summed E-state index contributed by atoms with van der Waals surface area (Å²) in [7, 11) is 0. The Morgan fingerprint density at radius 3 is 2.21 bits per heavy atom. The minimum atomic E-state index is -0.947. The fourth-order valence-corrected chi connectivity index (χ4v) is 8.72. The summed E-state index contributed by atoms with van der Waals surface area (Å²) >= 11 is 6.22. The lowest BCUT2D eigenvalue weighted by Crippen LogP contribution is -2.74. The lowest BCUT2D eigenvalue weighted by Gasteiger charge is -2.63. The summed E-state index contributed by atoms with van der Waals surface area (Å²) < 4.78 is 17.8. The fourth-order valence-electron chi connectivity index (χ4n) is 8.51. The highest BCUT2D eigenvalue weighted by Crippen LogP contribution is 2.55. The highest BCUT2D eigenvalue weighted by Gasteiger charge is 2.64. The summed E-state index contributed by atoms with van der Waals surface area (Å²) in [5.41, 5.74) is 1.44. The molecule has 3 aromatic rings. The molecule has 328 valence electrons. The van der Waals surface area contributed by atoms with Gasteiger partial charge in [0, 0.05) is 54.6 Å². The van der Waals surface area contributed by atoms with Crippen molar-refractivity contribution in [3.05, 3.63) is 94.0 Å². The molecule has 3 atom stereocenters. The monoisotopic (exact) mass is 857 g/mol. The van der Waals surface area contributed by atoms with Gasteiger partial charge in [0.1, 0.15) is 42.4 Å². The van der Waals surface area contributed by atoms with Crippen LogP contribution in [0.15, 0.2) is 66.7 Å². The van der Waals surface area contributed by atoms with Crippen molar-refractivity contribution in [3.63, 3.8) is 0 Å². The number of aliphatic hydroxyl groups is 1. The molecule has 1 heterocycles. The van der Waals surface area contributed by atoms with Crippen LogP contribution in [0.5, 0.6) is 11.5 Å². The Kier molecular flexibility index (Phi) is 15.1. The molecule has 1 aliphatic carbocycles. The maximum absolute atomic E-state index is 13.8. The molecule has 0 aromatic heterocycles. The zero-order valence-electron chi connectivity index (χ0n) is 36.5. The number of unbranched alkanes of at least 4 members (excludes halogenated alkanes) is 1. The maximum atomic E-state index is 13.8. The Bertz CT molecular complexity index is 2060. The number of aliphatic hydroxyl groups excluding tert-OH is 1. The van der Waals surface area contributed by atoms with E-state index in [1.165, 1.54) is 4.90 Å². The second-order valence-corrected chi connectivity index (χ2v) is 18.8. The number of carbonyl (C=O) groups is 4. The smallest absolute Gasteiger partial charge is 0.251 e. The Balaban J connectivity index is 1.01. The van der Waals surface area contributed by atoms with Gasteiger partial charge in [0.05, 0.1) is 23.3 Å². The average Bonchev–Trinajstić information content (AvgIpc) is 3.61. The van der Waals surface area contributed by atoms with E-state index in [1.54, 1.807) is 42.5 Å². The molecule has 13 nitrogen and oxygen atoms in total. The number of nitrogens with one attached hydrogen (secondary N) is 3. The fraction of sp³-hybridized carbons (Fsp3) is 0.511. The number of carbonyl (C=O) groups excluding carboxylic acids is 4. The van der Waals surface area contributed by atoms with Crippen LogP contribution in [0.25, 0.3) is 0 Å². The zero-order valence-corrected chi connectivity index (χ0v) is 37.2. The molecule has 0 bridgehead atoms. The summed E-state index contributed by atoms with van der Waals surface area (Å²) in [6.45, 7) is 16.4. The molecule has 3 aromatic carbocycles. The third-order valence-electron chi connectivity index (χ3n) is 11.6. The number of nitrogens with zero attached hydrogens (tertiary/aromatic N) is 2. The topological polar surface area (TPSA) is 179 Å². The van der Waals surface area contributed by atoms with E-state index >= 15 is 0 Å². The summed E-state index contributed by atoms with van der Waals surface area (Å²) in [5.74, 6) is -0.265. The average molecular weight is 858 g/mol. The molecule has 61 heavy (non-hydrogen) atoms. The third kappa shape index (κ3) is 11.6. The second kappa shape index (κ2) is 19.7. The van der Waals surface area contributed by atoms with Crippen LogP contribution < -0.4 is 25.4 Å². The van der Waals surface area contributed by atoms with Gasteiger partial charge in [-0.1, -0.05) is 89.9 Å². The van der Waals surface area contributed by atoms with Crippen molar-refractivity contribution in [1.29, 1.82) is 5.26 Å². The van der Waals surface area contributed by atoms with Crippen molar-refractivity contribution in [2.75, 3.05) is 26.4 Å². The number of nitriles is 1. The van der Waals surface area contributed by atoms with Crippen molar-refractivity contribution < 1.29 is 38.5 Å². The molecule has 5 rings (SSSR count). The van der Waals surface area contributed by atoms with Crippen molar-refractivity contribution in [3.8, 4) is 17.6 Å². The Hall–Kier alpha value is -5.16. The number of hydrogen-bond donors (Lipinski definition) is 4. The molecule has 1 saturated heterocycles. The van der Waals surface area contributed by atoms with Gasteiger partial charge in [0.2, 0.25) is 17.7 Å². The third-order valence-corrected chi connectivity index (χ3v) is 11.9. The highest BCUT2D eigenvalue weighted by atomic mass is 35.5. The molecule has 2 aliphatic rings. The minimum absolute atomic E-state index is 0.00351. The van der Waals surface area contributed by atoms with Crippen LogP contribution in [0.2, 0.25) is 5.02 Å². The van der Waals surface area contributed by atoms with Gasteiger partial charge in [0.15, 0.2) is 0 Å². The van der Waals surface area contributed by atoms with Crippen LogP contribution in [0.1, 0.15) is 94.8 Å². The zero-order chi connectivity index (χ0) is 44.7. The van der Waals surface area contributed by atoms with E-state index in [0.29, 0.717) is 60.2 Å². The van der Waals surface area contributed by atoms with Crippen LogP contribution in [0.4, 0.5) is 0 Å². The lowest BCUT2D eigenvalue weighted by atomic mass is 9.49. The SMILES string of the molecule is Cc1ccc(CNC(=O)[C@@H]2C[C@@H](O)CN2C(=O)[C@@H](NC(=O)COCCCCOc2ccc(C(=O)NC3C(C)(C)C(Oc4ccc(C#N)c(Cl)c4)C3(C)C)cc2)C(C)(C)C)cc1. The number of halogens is 1. The van der Waals surface area contributed by atoms with Crippen molar-refractivity contribution >= 4 is 35.2 Å². The molecule has 0 unspecified atom stereocenters. The van der Waals surface area contributed by atoms with E-state index in [9.17, 15) is 29.5 Å². The second-order valence-electron chi connectivity index (χ2n) is 18.4. The molecular formula is C47H60ClN5O8. The van der Waals surface area contributed by atoms with Gasteiger partial charge in [-0.3, -0.25) is 19.2 Å². The van der Waals surface area contributed by atoms with Gasteiger partial charge in [-0.2, -0.15) is 5.26 Å². The number of hydrogen-bond acceptors (Lipinski definition) is 9. The number of aryl methyl sites for hydroxylation is 1. The van der Waals surface area contributed by atoms with E-state index in [0.717, 1.165) is 11.1 Å². The summed E-state index contributed by atoms with van der Waals surface area (Å²) in [6.07, 6.45) is 0.317. The predicted molar refractivity (Wildman–Crippen MR) is 232 cm³/mol. The molecule has 4 N–H and O–H groups in total. The maximum Gasteiger partial charge on any atom is 0.251 e. The largest absolute Gasteiger partial charge is 0.494 e. The first-order valence-corrected chi connectivity index (χ1v) is 21.2. The van der Waals surface area contributed by atoms with Gasteiger partial charge in [-0.15, -0.1) is 0 Å². The Labute approximate surface area is 364 Å². The first-order chi connectivity index (χ1) is 28.7. The number of ether oxygens (including phenoxy) is 3. The van der Waals surface area contributed by atoms with Gasteiger partial charge < -0.3 is 40.2 Å². The van der Waals surface area contributed by atoms with Gasteiger partial charge >= 0.3 is 0 Å². The van der Waals surface area contributed by atoms with Gasteiger partial charge in [-0.25, -0.2) is 0 Å². The van der Waals surface area contributed by atoms with E-state index < -0.39 is 46.2 Å². The first kappa shape index (κ1) is 46.9. The van der Waals surface area contributed by atoms with E-state index in [-0.39, 0.29) is 43.5 Å². The standard InChI is InChI=1S/C47H60ClN5O8/c1-29-11-13-30(14-12-29)26-50-41(57)37-23-33(54)27-53(37)42(58)39(45(2,3)4)51-38(55)28-59-21-9-10-22-60-34-18-15-31(16-19-34)40(56)52-43-46(5,6)44(47(43,7)8)61-35-20-17-32(25-49)36(48)24-35/h11-20,24,33,37,39,43-44,54H,9-10,21-23,26-28H2,1-8H3,(H,50,57)(H,51,55)(H,52,56)/t33-,37+,39-,43?,44?/m1/s1. The highest BCUT2D eigenvalue weighted by molar-refractivity contribution is 6.31. The van der Waals surface area contributed by atoms with E-state index in [2.05, 4.69) is 49.7 Å². The van der Waals surface area contributed by atoms with Crippen LogP contribution in [-0.4, -0.2) is 90.3 Å². The number of likely N-dealkylation sites (tertiary alicyclic amines) is 1. The van der Waals surface area contributed by atoms with E-state index in [4.69, 9.17) is 25.8 Å². The van der Waals surface area contributed by atoms with Crippen LogP contribution in [0.3, 0.4) is 0 Å². The Morgan fingerprint density at radius 1 is 0.951 bits per heavy atom. The molecule has 0 radical (unpaired) electrons. The van der Waals surface area contributed by atoms with Gasteiger partial charge in [-0.05, 0) is 67.1 Å². The molecule has 0 spiro atoms. The van der Waals surface area contributed by atoms with Crippen LogP contribution in [0, 0.1) is 34.5 Å². The summed E-state index contributed by atoms with van der Waals surface area (Å²) in [6, 6.07) is 19.8. The molecule has 4 amide bonds. The minimum Gasteiger partial charge on any atom is -0.494 e. The van der Waals surface area contributed by atoms with Crippen molar-refractivity contribution in [2.24, 2.45) is 16.2 Å². The summed E-state index contributed by atoms with van der Waals surface area (Å²) in [4.78, 5) is 54.7. The molecular weight excluding hydrogens is 798 g/mol. The lowest BCUT2D eigenvalue weighted by molar-refractivity contribution is -0.164. The Morgan fingerprint density at radius 2 is 1.59 bits per heavy atom. The van der Waals surface area contributed by atoms with Gasteiger partial charge in [0.25, 0.3) is 5.91 Å². The quantitative estimate of drug-likeness (QED) is 0.117. The van der Waals surface area contributed by atoms with Crippen LogP contribution in [-0.2, 0) is 25.7 Å². The number of amides is 4. The molecule has 1 aliphatic heterocycles. The number of rotatable bonds is 17. The number of benzene rings is 3. The number of β-amino-alcohol motifs (C(OH)–C–C–N with tert-alkyl or cyclic N) is 1. The normalized spacial score (nSPS) is 20.7. The van der Waals surface area contributed by atoms with Crippen molar-refractivity contribution in [2.45, 2.75) is 112 Å². The van der Waals surface area contributed by atoms with E-state index in [1.807, 2.05) is 52.0 Å². The molecule has 14 heteroatoms. The molecule has 1 saturated carbocycles.